The van der Waals surface area contributed by atoms with Gasteiger partial charge in [-0.05, 0) is 44.0 Å². The maximum atomic E-state index is 13.5. The number of rotatable bonds is 8. The molecule has 0 saturated heterocycles. The molecule has 8 nitrogen and oxygen atoms in total. The number of aliphatic carboxylic acids is 1. The van der Waals surface area contributed by atoms with Crippen molar-refractivity contribution in [1.82, 2.24) is 5.32 Å². The second-order valence-electron chi connectivity index (χ2n) is 8.44. The number of amides is 1. The highest BCUT2D eigenvalue weighted by atomic mass is 19.4. The monoisotopic (exact) mass is 483 g/mol. The number of ether oxygens (including phenoxy) is 2. The standard InChI is InChI=1S/C22H25BF3NO7/c1-21(2,3)34-20(30)27-17(19(28)29)10-14-9-15(22(24,25)26)11-16(23(31)32)18(14)33-12-13-7-5-4-6-8-13/h4-9,11,17,31-32H,10,12H2,1-3H3,(H,27,30)(H,28,29)/t17-/m0/s1. The molecule has 0 bridgehead atoms. The average molecular weight is 483 g/mol. The van der Waals surface area contributed by atoms with Crippen LogP contribution in [0, 0.1) is 0 Å². The Morgan fingerprint density at radius 3 is 2.21 bits per heavy atom. The molecule has 0 saturated carbocycles. The van der Waals surface area contributed by atoms with E-state index in [4.69, 9.17) is 9.47 Å². The molecule has 0 unspecified atom stereocenters. The van der Waals surface area contributed by atoms with Gasteiger partial charge in [0, 0.05) is 11.9 Å². The van der Waals surface area contributed by atoms with Crippen LogP contribution >= 0.6 is 0 Å². The van der Waals surface area contributed by atoms with Gasteiger partial charge in [0.05, 0.1) is 5.56 Å². The van der Waals surface area contributed by atoms with E-state index in [1.165, 1.54) is 0 Å². The largest absolute Gasteiger partial charge is 0.492 e. The normalized spacial score (nSPS) is 12.6. The van der Waals surface area contributed by atoms with Crippen molar-refractivity contribution >= 4 is 24.6 Å². The smallest absolute Gasteiger partial charge is 0.489 e. The number of halogens is 3. The molecule has 1 atom stereocenters. The van der Waals surface area contributed by atoms with Crippen molar-refractivity contribution in [3.63, 3.8) is 0 Å². The van der Waals surface area contributed by atoms with Crippen LogP contribution in [-0.2, 0) is 28.7 Å². The molecule has 2 rings (SSSR count). The van der Waals surface area contributed by atoms with Gasteiger partial charge < -0.3 is 29.9 Å². The van der Waals surface area contributed by atoms with Gasteiger partial charge in [0.15, 0.2) is 0 Å². The quantitative estimate of drug-likeness (QED) is 0.426. The van der Waals surface area contributed by atoms with Crippen molar-refractivity contribution < 1.29 is 47.4 Å². The van der Waals surface area contributed by atoms with Gasteiger partial charge in [0.2, 0.25) is 0 Å². The Hall–Kier alpha value is -3.25. The first-order chi connectivity index (χ1) is 15.7. The molecule has 0 aliphatic heterocycles. The Morgan fingerprint density at radius 1 is 1.09 bits per heavy atom. The fourth-order valence-electron chi connectivity index (χ4n) is 3.00. The predicted octanol–water partition coefficient (Wildman–Crippen LogP) is 2.48. The summed E-state index contributed by atoms with van der Waals surface area (Å²) in [5, 5.41) is 31.1. The van der Waals surface area contributed by atoms with Crippen LogP contribution < -0.4 is 15.5 Å². The first-order valence-corrected chi connectivity index (χ1v) is 10.2. The number of alkyl carbamates (subject to hydrolysis) is 1. The molecule has 0 aliphatic carbocycles. The van der Waals surface area contributed by atoms with Crippen LogP contribution in [0.3, 0.4) is 0 Å². The summed E-state index contributed by atoms with van der Waals surface area (Å²) < 4.78 is 51.1. The summed E-state index contributed by atoms with van der Waals surface area (Å²) in [6.45, 7) is 4.52. The minimum atomic E-state index is -4.87. The number of nitrogens with one attached hydrogen (secondary N) is 1. The number of carboxylic acid groups (broad SMARTS) is 1. The number of hydrogen-bond acceptors (Lipinski definition) is 6. The predicted molar refractivity (Wildman–Crippen MR) is 117 cm³/mol. The van der Waals surface area contributed by atoms with Crippen LogP contribution in [0.15, 0.2) is 42.5 Å². The first kappa shape index (κ1) is 27.0. The topological polar surface area (TPSA) is 125 Å². The Kier molecular flexibility index (Phi) is 8.57. The third-order valence-electron chi connectivity index (χ3n) is 4.44. The van der Waals surface area contributed by atoms with E-state index in [2.05, 4.69) is 5.32 Å². The molecule has 1 amide bonds. The Morgan fingerprint density at radius 2 is 1.71 bits per heavy atom. The zero-order valence-electron chi connectivity index (χ0n) is 18.7. The number of carboxylic acids is 1. The van der Waals surface area contributed by atoms with E-state index in [1.807, 2.05) is 0 Å². The third-order valence-corrected chi connectivity index (χ3v) is 4.44. The maximum absolute atomic E-state index is 13.5. The second kappa shape index (κ2) is 10.8. The molecular formula is C22H25BF3NO7. The van der Waals surface area contributed by atoms with Crippen LogP contribution in [0.2, 0.25) is 0 Å². The zero-order valence-corrected chi connectivity index (χ0v) is 18.7. The highest BCUT2D eigenvalue weighted by Gasteiger charge is 2.35. The molecular weight excluding hydrogens is 458 g/mol. The van der Waals surface area contributed by atoms with Gasteiger partial charge in [-0.15, -0.1) is 0 Å². The van der Waals surface area contributed by atoms with E-state index in [-0.39, 0.29) is 17.9 Å². The third kappa shape index (κ3) is 7.96. The van der Waals surface area contributed by atoms with Crippen molar-refractivity contribution in [3.05, 3.63) is 59.2 Å². The van der Waals surface area contributed by atoms with Gasteiger partial charge >= 0.3 is 25.4 Å². The Labute approximate surface area is 194 Å². The van der Waals surface area contributed by atoms with Crippen LogP contribution in [0.4, 0.5) is 18.0 Å². The molecule has 0 spiro atoms. The summed E-state index contributed by atoms with van der Waals surface area (Å²) in [4.78, 5) is 23.8. The van der Waals surface area contributed by atoms with Crippen molar-refractivity contribution in [2.24, 2.45) is 0 Å². The second-order valence-corrected chi connectivity index (χ2v) is 8.44. The molecule has 2 aromatic rings. The fourth-order valence-corrected chi connectivity index (χ4v) is 3.00. The van der Waals surface area contributed by atoms with Crippen LogP contribution in [0.5, 0.6) is 5.75 Å². The number of carbonyl (C=O) groups excluding carboxylic acids is 1. The van der Waals surface area contributed by atoms with E-state index in [1.54, 1.807) is 51.1 Å². The van der Waals surface area contributed by atoms with Crippen LogP contribution in [-0.4, -0.2) is 46.0 Å². The molecule has 0 fully saturated rings. The summed E-state index contributed by atoms with van der Waals surface area (Å²) >= 11 is 0. The molecule has 0 heterocycles. The van der Waals surface area contributed by atoms with Crippen molar-refractivity contribution in [2.45, 2.75) is 51.6 Å². The van der Waals surface area contributed by atoms with E-state index in [0.717, 1.165) is 0 Å². The van der Waals surface area contributed by atoms with Gasteiger partial charge in [-0.1, -0.05) is 30.3 Å². The number of benzene rings is 2. The molecule has 0 radical (unpaired) electrons. The van der Waals surface area contributed by atoms with E-state index in [9.17, 15) is 37.9 Å². The van der Waals surface area contributed by atoms with Gasteiger partial charge in [0.25, 0.3) is 0 Å². The Balaban J connectivity index is 2.49. The van der Waals surface area contributed by atoms with Crippen molar-refractivity contribution in [2.75, 3.05) is 0 Å². The molecule has 12 heteroatoms. The molecule has 0 aromatic heterocycles. The summed E-state index contributed by atoms with van der Waals surface area (Å²) in [5.74, 6) is -1.87. The lowest BCUT2D eigenvalue weighted by atomic mass is 9.77. The molecule has 0 aliphatic rings. The highest BCUT2D eigenvalue weighted by Crippen LogP contribution is 2.33. The summed E-state index contributed by atoms with van der Waals surface area (Å²) in [5.41, 5.74) is -2.44. The minimum absolute atomic E-state index is 0.143. The van der Waals surface area contributed by atoms with Gasteiger partial charge in [-0.3, -0.25) is 0 Å². The van der Waals surface area contributed by atoms with Gasteiger partial charge in [-0.2, -0.15) is 13.2 Å². The zero-order chi connectivity index (χ0) is 25.7. The van der Waals surface area contributed by atoms with Crippen LogP contribution in [0.25, 0.3) is 0 Å². The first-order valence-electron chi connectivity index (χ1n) is 10.2. The SMILES string of the molecule is CC(C)(C)OC(=O)N[C@@H](Cc1cc(C(F)(F)F)cc(B(O)O)c1OCc1ccccc1)C(=O)O. The highest BCUT2D eigenvalue weighted by molar-refractivity contribution is 6.59. The lowest BCUT2D eigenvalue weighted by Gasteiger charge is -2.23. The van der Waals surface area contributed by atoms with E-state index in [0.29, 0.717) is 17.7 Å². The van der Waals surface area contributed by atoms with Gasteiger partial charge in [-0.25, -0.2) is 9.59 Å². The molecule has 4 N–H and O–H groups in total. The summed E-state index contributed by atoms with van der Waals surface area (Å²) in [6.07, 6.45) is -6.60. The molecule has 34 heavy (non-hydrogen) atoms. The van der Waals surface area contributed by atoms with E-state index >= 15 is 0 Å². The lowest BCUT2D eigenvalue weighted by molar-refractivity contribution is -0.139. The minimum Gasteiger partial charge on any atom is -0.489 e. The molecule has 184 valence electrons. The lowest BCUT2D eigenvalue weighted by Crippen LogP contribution is -2.45. The van der Waals surface area contributed by atoms with Crippen molar-refractivity contribution in [1.29, 1.82) is 0 Å². The fraction of sp³-hybridized carbons (Fsp3) is 0.364. The molecule has 2 aromatic carbocycles. The maximum Gasteiger partial charge on any atom is 0.492 e. The number of carbonyl (C=O) groups is 2. The summed E-state index contributed by atoms with van der Waals surface area (Å²) in [6, 6.07) is 8.01. The average Bonchev–Trinajstić information content (AvgIpc) is 2.70. The number of alkyl halides is 3. The van der Waals surface area contributed by atoms with E-state index < -0.39 is 54.4 Å². The summed E-state index contributed by atoms with van der Waals surface area (Å²) in [7, 11) is -2.34. The Bertz CT molecular complexity index is 1010. The van der Waals surface area contributed by atoms with Crippen molar-refractivity contribution in [3.8, 4) is 5.75 Å². The van der Waals surface area contributed by atoms with Crippen LogP contribution in [0.1, 0.15) is 37.5 Å². The van der Waals surface area contributed by atoms with Gasteiger partial charge in [0.1, 0.15) is 24.0 Å². The number of hydrogen-bond donors (Lipinski definition) is 4.